The van der Waals surface area contributed by atoms with Crippen LogP contribution in [0.25, 0.3) is 11.1 Å². The van der Waals surface area contributed by atoms with Crippen LogP contribution in [0.4, 0.5) is 0 Å². The lowest BCUT2D eigenvalue weighted by Gasteiger charge is -2.37. The molecule has 0 radical (unpaired) electrons. The van der Waals surface area contributed by atoms with Crippen molar-refractivity contribution in [1.29, 1.82) is 0 Å². The molecule has 0 saturated carbocycles. The van der Waals surface area contributed by atoms with Crippen LogP contribution in [0.2, 0.25) is 0 Å². The molecule has 2 aromatic rings. The maximum absolute atomic E-state index is 12.0. The molecular formula is C18H18O4. The SMILES string of the molecule is CCOC(=O)CC1(C)Oc2ccc(O)cc2-c2ccccc21. The Balaban J connectivity index is 2.09. The highest BCUT2D eigenvalue weighted by Gasteiger charge is 2.39. The first-order valence-electron chi connectivity index (χ1n) is 7.31. The summed E-state index contributed by atoms with van der Waals surface area (Å²) in [5.74, 6) is 0.552. The van der Waals surface area contributed by atoms with Crippen molar-refractivity contribution in [1.82, 2.24) is 0 Å². The van der Waals surface area contributed by atoms with E-state index < -0.39 is 5.60 Å². The van der Waals surface area contributed by atoms with Gasteiger partial charge in [-0.15, -0.1) is 0 Å². The number of hydrogen-bond acceptors (Lipinski definition) is 4. The second-order valence-electron chi connectivity index (χ2n) is 5.54. The third kappa shape index (κ3) is 2.41. The van der Waals surface area contributed by atoms with Crippen molar-refractivity contribution in [2.45, 2.75) is 25.9 Å². The molecule has 0 fully saturated rings. The van der Waals surface area contributed by atoms with Gasteiger partial charge in [0, 0.05) is 11.1 Å². The Morgan fingerprint density at radius 1 is 1.23 bits per heavy atom. The molecule has 1 aliphatic rings. The fourth-order valence-electron chi connectivity index (χ4n) is 2.91. The smallest absolute Gasteiger partial charge is 0.310 e. The van der Waals surface area contributed by atoms with E-state index >= 15 is 0 Å². The summed E-state index contributed by atoms with van der Waals surface area (Å²) in [4.78, 5) is 12.0. The molecule has 4 heteroatoms. The number of hydrogen-bond donors (Lipinski definition) is 1. The first-order valence-corrected chi connectivity index (χ1v) is 7.31. The second-order valence-corrected chi connectivity index (χ2v) is 5.54. The highest BCUT2D eigenvalue weighted by Crippen LogP contribution is 2.47. The molecule has 0 bridgehead atoms. The Labute approximate surface area is 129 Å². The van der Waals surface area contributed by atoms with E-state index in [9.17, 15) is 9.90 Å². The Bertz CT molecular complexity index is 723. The summed E-state index contributed by atoms with van der Waals surface area (Å²) in [6, 6.07) is 12.8. The third-order valence-corrected chi connectivity index (χ3v) is 3.87. The average Bonchev–Trinajstić information content (AvgIpc) is 2.49. The number of phenols is 1. The molecule has 1 heterocycles. The lowest BCUT2D eigenvalue weighted by molar-refractivity contribution is -0.147. The average molecular weight is 298 g/mol. The van der Waals surface area contributed by atoms with Crippen molar-refractivity contribution in [3.63, 3.8) is 0 Å². The normalized spacial score (nSPS) is 18.8. The van der Waals surface area contributed by atoms with Gasteiger partial charge in [0.2, 0.25) is 0 Å². The van der Waals surface area contributed by atoms with Crippen LogP contribution < -0.4 is 4.74 Å². The van der Waals surface area contributed by atoms with Gasteiger partial charge in [0.25, 0.3) is 0 Å². The minimum Gasteiger partial charge on any atom is -0.508 e. The van der Waals surface area contributed by atoms with Gasteiger partial charge in [-0.05, 0) is 37.6 Å². The van der Waals surface area contributed by atoms with Gasteiger partial charge in [0.1, 0.15) is 17.1 Å². The number of fused-ring (bicyclic) bond motifs is 3. The van der Waals surface area contributed by atoms with E-state index in [1.807, 2.05) is 31.2 Å². The number of carbonyl (C=O) groups is 1. The fourth-order valence-corrected chi connectivity index (χ4v) is 2.91. The maximum atomic E-state index is 12.0. The quantitative estimate of drug-likeness (QED) is 0.879. The van der Waals surface area contributed by atoms with E-state index in [0.29, 0.717) is 12.4 Å². The summed E-state index contributed by atoms with van der Waals surface area (Å²) < 4.78 is 11.2. The fraction of sp³-hybridized carbons (Fsp3) is 0.278. The van der Waals surface area contributed by atoms with Gasteiger partial charge in [0.15, 0.2) is 0 Å². The largest absolute Gasteiger partial charge is 0.508 e. The lowest BCUT2D eigenvalue weighted by Crippen LogP contribution is -2.35. The van der Waals surface area contributed by atoms with Crippen LogP contribution in [0, 0.1) is 0 Å². The lowest BCUT2D eigenvalue weighted by atomic mass is 9.83. The molecular weight excluding hydrogens is 280 g/mol. The minimum atomic E-state index is -0.785. The van der Waals surface area contributed by atoms with Gasteiger partial charge < -0.3 is 14.6 Å². The molecule has 22 heavy (non-hydrogen) atoms. The molecule has 1 N–H and O–H groups in total. The Hall–Kier alpha value is -2.49. The van der Waals surface area contributed by atoms with Gasteiger partial charge in [-0.3, -0.25) is 4.79 Å². The molecule has 3 rings (SSSR count). The van der Waals surface area contributed by atoms with Gasteiger partial charge in [-0.1, -0.05) is 24.3 Å². The summed E-state index contributed by atoms with van der Waals surface area (Å²) in [7, 11) is 0. The van der Waals surface area contributed by atoms with Crippen molar-refractivity contribution in [3.05, 3.63) is 48.0 Å². The van der Waals surface area contributed by atoms with E-state index in [4.69, 9.17) is 9.47 Å². The first-order chi connectivity index (χ1) is 10.5. The molecule has 0 saturated heterocycles. The van der Waals surface area contributed by atoms with Crippen LogP contribution in [0.1, 0.15) is 25.8 Å². The van der Waals surface area contributed by atoms with Gasteiger partial charge in [-0.25, -0.2) is 0 Å². The van der Waals surface area contributed by atoms with Crippen molar-refractivity contribution in [2.75, 3.05) is 6.61 Å². The van der Waals surface area contributed by atoms with E-state index in [-0.39, 0.29) is 18.1 Å². The molecule has 2 aromatic carbocycles. The summed E-state index contributed by atoms with van der Waals surface area (Å²) in [6.07, 6.45) is 0.137. The maximum Gasteiger partial charge on any atom is 0.310 e. The van der Waals surface area contributed by atoms with Crippen molar-refractivity contribution in [2.24, 2.45) is 0 Å². The highest BCUT2D eigenvalue weighted by molar-refractivity contribution is 5.80. The molecule has 1 aliphatic heterocycles. The predicted octanol–water partition coefficient (Wildman–Crippen LogP) is 3.62. The van der Waals surface area contributed by atoms with Crippen LogP contribution in [0.15, 0.2) is 42.5 Å². The van der Waals surface area contributed by atoms with Crippen LogP contribution in [-0.4, -0.2) is 17.7 Å². The van der Waals surface area contributed by atoms with Crippen LogP contribution in [-0.2, 0) is 15.1 Å². The summed E-state index contributed by atoms with van der Waals surface area (Å²) in [5.41, 5.74) is 1.93. The summed E-state index contributed by atoms with van der Waals surface area (Å²) in [5, 5.41) is 9.73. The van der Waals surface area contributed by atoms with Crippen LogP contribution >= 0.6 is 0 Å². The zero-order valence-electron chi connectivity index (χ0n) is 12.6. The molecule has 1 unspecified atom stereocenters. The third-order valence-electron chi connectivity index (χ3n) is 3.87. The van der Waals surface area contributed by atoms with Crippen LogP contribution in [0.3, 0.4) is 0 Å². The topological polar surface area (TPSA) is 55.8 Å². The standard InChI is InChI=1S/C18H18O4/c1-3-21-17(20)11-18(2)15-7-5-4-6-13(15)14-10-12(19)8-9-16(14)22-18/h4-10,19H,3,11H2,1-2H3. The van der Waals surface area contributed by atoms with Crippen molar-refractivity contribution < 1.29 is 19.4 Å². The minimum absolute atomic E-state index is 0.137. The van der Waals surface area contributed by atoms with E-state index in [0.717, 1.165) is 16.7 Å². The molecule has 0 aromatic heterocycles. The monoisotopic (exact) mass is 298 g/mol. The Morgan fingerprint density at radius 3 is 2.77 bits per heavy atom. The predicted molar refractivity (Wildman–Crippen MR) is 82.8 cm³/mol. The van der Waals surface area contributed by atoms with E-state index in [2.05, 4.69) is 0 Å². The number of ether oxygens (including phenoxy) is 2. The van der Waals surface area contributed by atoms with Gasteiger partial charge in [-0.2, -0.15) is 0 Å². The van der Waals surface area contributed by atoms with Crippen molar-refractivity contribution in [3.8, 4) is 22.6 Å². The highest BCUT2D eigenvalue weighted by atomic mass is 16.5. The molecule has 0 amide bonds. The zero-order chi connectivity index (χ0) is 15.7. The zero-order valence-corrected chi connectivity index (χ0v) is 12.6. The number of phenolic OH excluding ortho intramolecular Hbond substituents is 1. The number of esters is 1. The van der Waals surface area contributed by atoms with E-state index in [1.54, 1.807) is 25.1 Å². The molecule has 4 nitrogen and oxygen atoms in total. The van der Waals surface area contributed by atoms with Crippen molar-refractivity contribution >= 4 is 5.97 Å². The van der Waals surface area contributed by atoms with Gasteiger partial charge in [0.05, 0.1) is 13.0 Å². The Morgan fingerprint density at radius 2 is 2.00 bits per heavy atom. The summed E-state index contributed by atoms with van der Waals surface area (Å²) in [6.45, 7) is 4.02. The Kier molecular flexibility index (Phi) is 3.53. The molecule has 1 atom stereocenters. The number of aromatic hydroxyl groups is 1. The first kappa shape index (κ1) is 14.4. The number of carbonyl (C=O) groups excluding carboxylic acids is 1. The van der Waals surface area contributed by atoms with Gasteiger partial charge >= 0.3 is 5.97 Å². The summed E-state index contributed by atoms with van der Waals surface area (Å²) >= 11 is 0. The second kappa shape index (κ2) is 5.37. The van der Waals surface area contributed by atoms with E-state index in [1.165, 1.54) is 0 Å². The molecule has 0 aliphatic carbocycles. The molecule has 0 spiro atoms. The molecule has 114 valence electrons. The number of benzene rings is 2. The number of rotatable bonds is 3. The van der Waals surface area contributed by atoms with Crippen LogP contribution in [0.5, 0.6) is 11.5 Å².